The van der Waals surface area contributed by atoms with Gasteiger partial charge >= 0.3 is 5.69 Å². The molecule has 1 aromatic carbocycles. The van der Waals surface area contributed by atoms with Crippen LogP contribution in [-0.2, 0) is 4.79 Å². The molecule has 0 bridgehead atoms. The number of hydrogen-bond acceptors (Lipinski definition) is 5. The summed E-state index contributed by atoms with van der Waals surface area (Å²) in [7, 11) is 0. The number of carbonyl (C=O) groups is 2. The standard InChI is InChI=1S/C14H16N2O5/c1-2-21-13-4-3-10(9-12(13)16(19)20)14(18)15-7-5-11(17)6-8-15/h3-4,9H,2,5-8H2,1H3. The lowest BCUT2D eigenvalue weighted by Gasteiger charge is -2.26. The van der Waals surface area contributed by atoms with Crippen LogP contribution in [0.25, 0.3) is 0 Å². The largest absolute Gasteiger partial charge is 0.487 e. The van der Waals surface area contributed by atoms with Gasteiger partial charge in [-0.1, -0.05) is 0 Å². The average Bonchev–Trinajstić information content (AvgIpc) is 2.48. The molecule has 1 aliphatic rings. The van der Waals surface area contributed by atoms with Crippen molar-refractivity contribution in [3.8, 4) is 5.75 Å². The van der Waals surface area contributed by atoms with Crippen molar-refractivity contribution in [1.82, 2.24) is 4.90 Å². The molecule has 0 aromatic heterocycles. The fourth-order valence-electron chi connectivity index (χ4n) is 2.21. The molecule has 0 atom stereocenters. The lowest BCUT2D eigenvalue weighted by molar-refractivity contribution is -0.385. The summed E-state index contributed by atoms with van der Waals surface area (Å²) in [5.41, 5.74) is 0.00953. The van der Waals surface area contributed by atoms with Crippen molar-refractivity contribution >= 4 is 17.4 Å². The number of nitrogens with zero attached hydrogens (tertiary/aromatic N) is 2. The Labute approximate surface area is 121 Å². The van der Waals surface area contributed by atoms with Gasteiger partial charge in [-0.2, -0.15) is 0 Å². The van der Waals surface area contributed by atoms with Crippen LogP contribution in [0.2, 0.25) is 0 Å². The molecule has 1 aliphatic heterocycles. The summed E-state index contributed by atoms with van der Waals surface area (Å²) in [5.74, 6) is -0.0155. The normalized spacial score (nSPS) is 14.9. The number of hydrogen-bond donors (Lipinski definition) is 0. The van der Waals surface area contributed by atoms with Gasteiger partial charge in [-0.3, -0.25) is 19.7 Å². The summed E-state index contributed by atoms with van der Waals surface area (Å²) in [6.07, 6.45) is 0.676. The summed E-state index contributed by atoms with van der Waals surface area (Å²) in [6, 6.07) is 4.17. The predicted octanol–water partition coefficient (Wildman–Crippen LogP) is 1.80. The van der Waals surface area contributed by atoms with Crippen LogP contribution in [0, 0.1) is 10.1 Å². The zero-order valence-corrected chi connectivity index (χ0v) is 11.7. The molecular weight excluding hydrogens is 276 g/mol. The molecule has 1 amide bonds. The van der Waals surface area contributed by atoms with E-state index >= 15 is 0 Å². The molecule has 0 unspecified atom stereocenters. The monoisotopic (exact) mass is 292 g/mol. The third-order valence-corrected chi connectivity index (χ3v) is 3.31. The predicted molar refractivity (Wildman–Crippen MR) is 74.4 cm³/mol. The second-order valence-electron chi connectivity index (χ2n) is 4.70. The van der Waals surface area contributed by atoms with Gasteiger partial charge in [0.1, 0.15) is 5.78 Å². The average molecular weight is 292 g/mol. The molecule has 1 fully saturated rings. The summed E-state index contributed by atoms with van der Waals surface area (Å²) >= 11 is 0. The van der Waals surface area contributed by atoms with Crippen molar-refractivity contribution in [2.75, 3.05) is 19.7 Å². The minimum absolute atomic E-state index is 0.136. The molecule has 0 N–H and O–H groups in total. The van der Waals surface area contributed by atoms with Crippen LogP contribution in [0.15, 0.2) is 18.2 Å². The first-order valence-corrected chi connectivity index (χ1v) is 6.75. The number of ether oxygens (including phenoxy) is 1. The van der Waals surface area contributed by atoms with E-state index in [4.69, 9.17) is 4.74 Å². The van der Waals surface area contributed by atoms with E-state index in [1.807, 2.05) is 0 Å². The van der Waals surface area contributed by atoms with Gasteiger partial charge in [-0.25, -0.2) is 0 Å². The van der Waals surface area contributed by atoms with Crippen molar-refractivity contribution in [2.45, 2.75) is 19.8 Å². The molecule has 1 saturated heterocycles. The Kier molecular flexibility index (Phi) is 4.52. The van der Waals surface area contributed by atoms with Crippen molar-refractivity contribution in [1.29, 1.82) is 0 Å². The third-order valence-electron chi connectivity index (χ3n) is 3.31. The highest BCUT2D eigenvalue weighted by molar-refractivity contribution is 5.96. The number of piperidine rings is 1. The highest BCUT2D eigenvalue weighted by Gasteiger charge is 2.24. The third kappa shape index (κ3) is 3.36. The molecule has 2 rings (SSSR count). The van der Waals surface area contributed by atoms with Crippen LogP contribution in [0.5, 0.6) is 5.75 Å². The molecule has 7 heteroatoms. The van der Waals surface area contributed by atoms with E-state index in [0.29, 0.717) is 32.5 Å². The van der Waals surface area contributed by atoms with E-state index in [1.165, 1.54) is 18.2 Å². The molecule has 1 heterocycles. The molecule has 0 saturated carbocycles. The van der Waals surface area contributed by atoms with Crippen LogP contribution in [0.1, 0.15) is 30.1 Å². The fraction of sp³-hybridized carbons (Fsp3) is 0.429. The van der Waals surface area contributed by atoms with Crippen LogP contribution in [0.4, 0.5) is 5.69 Å². The minimum atomic E-state index is -0.568. The minimum Gasteiger partial charge on any atom is -0.487 e. The maximum absolute atomic E-state index is 12.3. The first kappa shape index (κ1) is 15.0. The van der Waals surface area contributed by atoms with Gasteiger partial charge in [0.2, 0.25) is 0 Å². The summed E-state index contributed by atoms with van der Waals surface area (Å²) < 4.78 is 5.18. The Morgan fingerprint density at radius 2 is 2.05 bits per heavy atom. The van der Waals surface area contributed by atoms with E-state index in [2.05, 4.69) is 0 Å². The number of nitro benzene ring substituents is 1. The van der Waals surface area contributed by atoms with Crippen molar-refractivity contribution in [3.63, 3.8) is 0 Å². The Hall–Kier alpha value is -2.44. The van der Waals surface area contributed by atoms with Gasteiger partial charge in [-0.15, -0.1) is 0 Å². The zero-order valence-electron chi connectivity index (χ0n) is 11.7. The summed E-state index contributed by atoms with van der Waals surface area (Å²) in [6.45, 7) is 2.76. The highest BCUT2D eigenvalue weighted by Crippen LogP contribution is 2.28. The lowest BCUT2D eigenvalue weighted by Crippen LogP contribution is -2.38. The van der Waals surface area contributed by atoms with Crippen molar-refractivity contribution in [3.05, 3.63) is 33.9 Å². The second kappa shape index (κ2) is 6.34. The molecular formula is C14H16N2O5. The molecule has 1 aromatic rings. The first-order chi connectivity index (χ1) is 10.0. The van der Waals surface area contributed by atoms with E-state index in [1.54, 1.807) is 11.8 Å². The number of likely N-dealkylation sites (tertiary alicyclic amines) is 1. The molecule has 0 spiro atoms. The second-order valence-corrected chi connectivity index (χ2v) is 4.70. The smallest absolute Gasteiger partial charge is 0.311 e. The number of rotatable bonds is 4. The van der Waals surface area contributed by atoms with Crippen LogP contribution < -0.4 is 4.74 Å². The summed E-state index contributed by atoms with van der Waals surface area (Å²) in [5, 5.41) is 11.0. The van der Waals surface area contributed by atoms with Gasteiger partial charge in [-0.05, 0) is 19.1 Å². The van der Waals surface area contributed by atoms with Gasteiger partial charge < -0.3 is 9.64 Å². The van der Waals surface area contributed by atoms with Crippen LogP contribution in [-0.4, -0.2) is 41.2 Å². The molecule has 21 heavy (non-hydrogen) atoms. The Balaban J connectivity index is 2.23. The maximum Gasteiger partial charge on any atom is 0.311 e. The van der Waals surface area contributed by atoms with Gasteiger partial charge in [0.15, 0.2) is 5.75 Å². The van der Waals surface area contributed by atoms with Crippen LogP contribution in [0.3, 0.4) is 0 Å². The Bertz CT molecular complexity index is 575. The lowest BCUT2D eigenvalue weighted by atomic mass is 10.1. The van der Waals surface area contributed by atoms with E-state index in [-0.39, 0.29) is 28.7 Å². The SMILES string of the molecule is CCOc1ccc(C(=O)N2CCC(=O)CC2)cc1[N+](=O)[O-]. The van der Waals surface area contributed by atoms with Gasteiger partial charge in [0.05, 0.1) is 11.5 Å². The number of Topliss-reactive ketones (excluding diaryl/α,β-unsaturated/α-hetero) is 1. The number of nitro groups is 1. The van der Waals surface area contributed by atoms with E-state index in [0.717, 1.165) is 0 Å². The maximum atomic E-state index is 12.3. The zero-order chi connectivity index (χ0) is 15.4. The molecule has 7 nitrogen and oxygen atoms in total. The number of benzene rings is 1. The van der Waals surface area contributed by atoms with E-state index in [9.17, 15) is 19.7 Å². The van der Waals surface area contributed by atoms with Gasteiger partial charge in [0, 0.05) is 37.6 Å². The topological polar surface area (TPSA) is 89.8 Å². The molecule has 112 valence electrons. The summed E-state index contributed by atoms with van der Waals surface area (Å²) in [4.78, 5) is 35.5. The number of amides is 1. The van der Waals surface area contributed by atoms with Crippen molar-refractivity contribution in [2.24, 2.45) is 0 Å². The highest BCUT2D eigenvalue weighted by atomic mass is 16.6. The Morgan fingerprint density at radius 1 is 1.38 bits per heavy atom. The van der Waals surface area contributed by atoms with Crippen molar-refractivity contribution < 1.29 is 19.2 Å². The number of carbonyl (C=O) groups excluding carboxylic acids is 2. The van der Waals surface area contributed by atoms with E-state index < -0.39 is 4.92 Å². The quantitative estimate of drug-likeness (QED) is 0.623. The molecule has 0 radical (unpaired) electrons. The Morgan fingerprint density at radius 3 is 2.62 bits per heavy atom. The number of ketones is 1. The fourth-order valence-corrected chi connectivity index (χ4v) is 2.21. The molecule has 0 aliphatic carbocycles. The van der Waals surface area contributed by atoms with Gasteiger partial charge in [0.25, 0.3) is 5.91 Å². The first-order valence-electron chi connectivity index (χ1n) is 6.75. The van der Waals surface area contributed by atoms with Crippen LogP contribution >= 0.6 is 0 Å².